The maximum Gasteiger partial charge on any atom is 0.329 e. The van der Waals surface area contributed by atoms with E-state index in [0.29, 0.717) is 0 Å². The summed E-state index contributed by atoms with van der Waals surface area (Å²) in [5, 5.41) is 11.4. The molecule has 18 heavy (non-hydrogen) atoms. The Balaban J connectivity index is 2.55. The Morgan fingerprint density at radius 1 is 1.56 bits per heavy atom. The highest BCUT2D eigenvalue weighted by Gasteiger charge is 2.14. The third-order valence-corrected chi connectivity index (χ3v) is 3.63. The zero-order valence-corrected chi connectivity index (χ0v) is 10.6. The van der Waals surface area contributed by atoms with E-state index in [-0.39, 0.29) is 11.6 Å². The molecule has 92 valence electrons. The molecule has 0 amide bonds. The molecule has 1 unspecified atom stereocenters. The van der Waals surface area contributed by atoms with Crippen LogP contribution in [0.3, 0.4) is 0 Å². The molecule has 2 aromatic heterocycles. The second-order valence-electron chi connectivity index (χ2n) is 3.82. The van der Waals surface area contributed by atoms with E-state index < -0.39 is 11.2 Å². The SMILES string of the molecule is Cc1csc(C(C)n2cc(C#N)c(=O)[nH]c2=O)n1. The Hall–Kier alpha value is -2.20. The molecule has 0 spiro atoms. The van der Waals surface area contributed by atoms with Gasteiger partial charge in [0.15, 0.2) is 0 Å². The van der Waals surface area contributed by atoms with Gasteiger partial charge in [-0.2, -0.15) is 5.26 Å². The van der Waals surface area contributed by atoms with Crippen molar-refractivity contribution in [2.45, 2.75) is 19.9 Å². The maximum absolute atomic E-state index is 11.7. The van der Waals surface area contributed by atoms with E-state index in [4.69, 9.17) is 5.26 Å². The van der Waals surface area contributed by atoms with Gasteiger partial charge in [-0.05, 0) is 13.8 Å². The van der Waals surface area contributed by atoms with Gasteiger partial charge >= 0.3 is 5.69 Å². The molecule has 1 atom stereocenters. The van der Waals surface area contributed by atoms with Crippen LogP contribution in [-0.4, -0.2) is 14.5 Å². The number of rotatable bonds is 2. The number of nitriles is 1. The van der Waals surface area contributed by atoms with Crippen LogP contribution < -0.4 is 11.2 Å². The highest BCUT2D eigenvalue weighted by Crippen LogP contribution is 2.19. The van der Waals surface area contributed by atoms with Crippen LogP contribution in [0.5, 0.6) is 0 Å². The number of nitrogens with one attached hydrogen (secondary N) is 1. The van der Waals surface area contributed by atoms with Crippen molar-refractivity contribution in [3.8, 4) is 6.07 Å². The van der Waals surface area contributed by atoms with E-state index in [0.717, 1.165) is 10.7 Å². The lowest BCUT2D eigenvalue weighted by Crippen LogP contribution is -2.33. The van der Waals surface area contributed by atoms with Crippen molar-refractivity contribution < 1.29 is 0 Å². The molecule has 7 heteroatoms. The third kappa shape index (κ3) is 2.10. The summed E-state index contributed by atoms with van der Waals surface area (Å²) >= 11 is 1.43. The fourth-order valence-corrected chi connectivity index (χ4v) is 2.39. The molecule has 2 aromatic rings. The largest absolute Gasteiger partial charge is 0.329 e. The molecule has 0 aliphatic heterocycles. The van der Waals surface area contributed by atoms with E-state index >= 15 is 0 Å². The van der Waals surface area contributed by atoms with Crippen molar-refractivity contribution in [3.63, 3.8) is 0 Å². The molecule has 0 aromatic carbocycles. The van der Waals surface area contributed by atoms with Crippen LogP contribution >= 0.6 is 11.3 Å². The molecule has 2 rings (SSSR count). The van der Waals surface area contributed by atoms with Crippen LogP contribution in [0, 0.1) is 18.3 Å². The van der Waals surface area contributed by atoms with E-state index in [1.54, 1.807) is 13.0 Å². The zero-order valence-electron chi connectivity index (χ0n) is 9.80. The Morgan fingerprint density at radius 2 is 2.28 bits per heavy atom. The summed E-state index contributed by atoms with van der Waals surface area (Å²) in [5.41, 5.74) is -0.421. The number of aryl methyl sites for hydroxylation is 1. The average molecular weight is 262 g/mol. The second kappa shape index (κ2) is 4.58. The van der Waals surface area contributed by atoms with Crippen molar-refractivity contribution in [2.75, 3.05) is 0 Å². The number of hydrogen-bond acceptors (Lipinski definition) is 5. The molecule has 0 radical (unpaired) electrons. The second-order valence-corrected chi connectivity index (χ2v) is 4.71. The Kier molecular flexibility index (Phi) is 3.12. The summed E-state index contributed by atoms with van der Waals surface area (Å²) < 4.78 is 1.30. The quantitative estimate of drug-likeness (QED) is 0.865. The molecular weight excluding hydrogens is 252 g/mol. The van der Waals surface area contributed by atoms with Crippen molar-refractivity contribution >= 4 is 11.3 Å². The first-order chi connectivity index (χ1) is 8.52. The molecule has 0 saturated heterocycles. The Bertz CT molecular complexity index is 734. The van der Waals surface area contributed by atoms with Crippen molar-refractivity contribution in [1.29, 1.82) is 5.26 Å². The molecule has 0 fully saturated rings. The average Bonchev–Trinajstić information content (AvgIpc) is 2.75. The summed E-state index contributed by atoms with van der Waals surface area (Å²) in [4.78, 5) is 29.4. The molecule has 0 saturated carbocycles. The van der Waals surface area contributed by atoms with Crippen molar-refractivity contribution in [3.05, 3.63) is 48.7 Å². The minimum absolute atomic E-state index is 0.0882. The third-order valence-electron chi connectivity index (χ3n) is 2.50. The van der Waals surface area contributed by atoms with Gasteiger partial charge in [-0.15, -0.1) is 11.3 Å². The lowest BCUT2D eigenvalue weighted by molar-refractivity contribution is 0.589. The summed E-state index contributed by atoms with van der Waals surface area (Å²) in [5.74, 6) is 0. The van der Waals surface area contributed by atoms with Crippen molar-refractivity contribution in [1.82, 2.24) is 14.5 Å². The fourth-order valence-electron chi connectivity index (χ4n) is 1.54. The first-order valence-electron chi connectivity index (χ1n) is 5.20. The number of nitrogens with zero attached hydrogens (tertiary/aromatic N) is 3. The number of thiazole rings is 1. The van der Waals surface area contributed by atoms with E-state index in [2.05, 4.69) is 9.97 Å². The minimum atomic E-state index is -0.665. The molecule has 1 N–H and O–H groups in total. The number of hydrogen-bond donors (Lipinski definition) is 1. The van der Waals surface area contributed by atoms with Gasteiger partial charge in [0.2, 0.25) is 0 Å². The first-order valence-corrected chi connectivity index (χ1v) is 6.08. The lowest BCUT2D eigenvalue weighted by atomic mass is 10.3. The molecular formula is C11H10N4O2S. The Labute approximate surface area is 106 Å². The fraction of sp³-hybridized carbons (Fsp3) is 0.273. The maximum atomic E-state index is 11.7. The highest BCUT2D eigenvalue weighted by molar-refractivity contribution is 7.09. The van der Waals surface area contributed by atoms with Crippen LogP contribution in [-0.2, 0) is 0 Å². The van der Waals surface area contributed by atoms with Gasteiger partial charge in [0, 0.05) is 17.3 Å². The molecule has 6 nitrogen and oxygen atoms in total. The Morgan fingerprint density at radius 3 is 2.83 bits per heavy atom. The van der Waals surface area contributed by atoms with E-state index in [1.807, 2.05) is 12.3 Å². The summed E-state index contributed by atoms with van der Waals surface area (Å²) in [6.45, 7) is 3.65. The van der Waals surface area contributed by atoms with Crippen LogP contribution in [0.2, 0.25) is 0 Å². The minimum Gasteiger partial charge on any atom is -0.290 e. The van der Waals surface area contributed by atoms with E-state index in [9.17, 15) is 9.59 Å². The molecule has 0 bridgehead atoms. The predicted octanol–water partition coefficient (Wildman–Crippen LogP) is 0.782. The number of H-pyrrole nitrogens is 1. The van der Waals surface area contributed by atoms with Gasteiger partial charge in [0.05, 0.1) is 6.04 Å². The van der Waals surface area contributed by atoms with Gasteiger partial charge in [-0.3, -0.25) is 14.3 Å². The summed E-state index contributed by atoms with van der Waals surface area (Å²) in [7, 11) is 0. The van der Waals surface area contributed by atoms with Gasteiger partial charge < -0.3 is 0 Å². The van der Waals surface area contributed by atoms with Crippen molar-refractivity contribution in [2.24, 2.45) is 0 Å². The molecule has 2 heterocycles. The molecule has 0 aliphatic carbocycles. The monoisotopic (exact) mass is 262 g/mol. The first kappa shape index (κ1) is 12.3. The normalized spacial score (nSPS) is 12.1. The number of aromatic amines is 1. The predicted molar refractivity (Wildman–Crippen MR) is 66.7 cm³/mol. The van der Waals surface area contributed by atoms with Crippen LogP contribution in [0.25, 0.3) is 0 Å². The summed E-state index contributed by atoms with van der Waals surface area (Å²) in [6.07, 6.45) is 1.27. The van der Waals surface area contributed by atoms with Gasteiger partial charge in [0.1, 0.15) is 16.6 Å². The van der Waals surface area contributed by atoms with Crippen LogP contribution in [0.1, 0.15) is 29.2 Å². The topological polar surface area (TPSA) is 91.5 Å². The standard InChI is InChI=1S/C11H10N4O2S/c1-6-5-18-10(13-6)7(2)15-4-8(3-12)9(16)14-11(15)17/h4-5,7H,1-2H3,(H,14,16,17). The molecule has 0 aliphatic rings. The van der Waals surface area contributed by atoms with Gasteiger partial charge in [-0.25, -0.2) is 9.78 Å². The van der Waals surface area contributed by atoms with Gasteiger partial charge in [0.25, 0.3) is 5.56 Å². The van der Waals surface area contributed by atoms with Crippen LogP contribution in [0.15, 0.2) is 21.2 Å². The summed E-state index contributed by atoms with van der Waals surface area (Å²) in [6, 6.07) is 1.43. The zero-order chi connectivity index (χ0) is 13.3. The van der Waals surface area contributed by atoms with E-state index in [1.165, 1.54) is 22.1 Å². The lowest BCUT2D eigenvalue weighted by Gasteiger charge is -2.11. The van der Waals surface area contributed by atoms with Crippen LogP contribution in [0.4, 0.5) is 0 Å². The number of aromatic nitrogens is 3. The highest BCUT2D eigenvalue weighted by atomic mass is 32.1. The smallest absolute Gasteiger partial charge is 0.290 e. The van der Waals surface area contributed by atoms with Gasteiger partial charge in [-0.1, -0.05) is 0 Å².